The second-order valence-electron chi connectivity index (χ2n) is 11.1. The van der Waals surface area contributed by atoms with Crippen molar-refractivity contribution in [1.82, 2.24) is 14.9 Å². The molecule has 2 fully saturated rings. The number of piperidine rings is 2. The van der Waals surface area contributed by atoms with Crippen LogP contribution in [0.4, 0.5) is 10.7 Å². The lowest BCUT2D eigenvalue weighted by atomic mass is 9.90. The minimum absolute atomic E-state index is 0.173. The highest BCUT2D eigenvalue weighted by Crippen LogP contribution is 2.27. The SMILES string of the molecule is CC(C)(C)OC(=O)N1CCC(Cc2nc(N3CCC(Cc4ccccc4)CC3)ncc2C(=O)O)CC1. The summed E-state index contributed by atoms with van der Waals surface area (Å²) in [4.78, 5) is 37.3. The average molecular weight is 495 g/mol. The lowest BCUT2D eigenvalue weighted by Crippen LogP contribution is -2.42. The van der Waals surface area contributed by atoms with Crippen LogP contribution in [0.5, 0.6) is 0 Å². The summed E-state index contributed by atoms with van der Waals surface area (Å²) in [6.45, 7) is 8.55. The first-order valence-electron chi connectivity index (χ1n) is 13.0. The molecule has 4 rings (SSSR count). The van der Waals surface area contributed by atoms with Crippen LogP contribution in [0.3, 0.4) is 0 Å². The highest BCUT2D eigenvalue weighted by Gasteiger charge is 2.29. The van der Waals surface area contributed by atoms with Gasteiger partial charge in [0.2, 0.25) is 5.95 Å². The first-order chi connectivity index (χ1) is 17.2. The Labute approximate surface area is 213 Å². The molecule has 3 heterocycles. The first-order valence-corrected chi connectivity index (χ1v) is 13.0. The summed E-state index contributed by atoms with van der Waals surface area (Å²) in [5.74, 6) is 0.529. The van der Waals surface area contributed by atoms with Crippen LogP contribution in [-0.2, 0) is 17.6 Å². The van der Waals surface area contributed by atoms with Crippen LogP contribution in [-0.4, -0.2) is 63.8 Å². The molecule has 8 nitrogen and oxygen atoms in total. The molecule has 0 atom stereocenters. The molecule has 2 aromatic rings. The van der Waals surface area contributed by atoms with Gasteiger partial charge in [0.05, 0.1) is 11.3 Å². The third kappa shape index (κ3) is 6.95. The summed E-state index contributed by atoms with van der Waals surface area (Å²) in [7, 11) is 0. The van der Waals surface area contributed by atoms with Gasteiger partial charge in [0.1, 0.15) is 5.60 Å². The van der Waals surface area contributed by atoms with Crippen LogP contribution in [0, 0.1) is 11.8 Å². The van der Waals surface area contributed by atoms with E-state index in [1.54, 1.807) is 4.90 Å². The van der Waals surface area contributed by atoms with Crippen molar-refractivity contribution < 1.29 is 19.4 Å². The summed E-state index contributed by atoms with van der Waals surface area (Å²) >= 11 is 0. The molecular weight excluding hydrogens is 456 g/mol. The molecule has 0 unspecified atom stereocenters. The zero-order valence-electron chi connectivity index (χ0n) is 21.7. The van der Waals surface area contributed by atoms with Crippen molar-refractivity contribution in [2.45, 2.75) is 64.9 Å². The normalized spacial score (nSPS) is 17.8. The molecule has 1 amide bonds. The minimum atomic E-state index is -0.996. The van der Waals surface area contributed by atoms with E-state index in [1.807, 2.05) is 26.8 Å². The molecule has 2 saturated heterocycles. The molecule has 8 heteroatoms. The van der Waals surface area contributed by atoms with Crippen LogP contribution in [0.25, 0.3) is 0 Å². The van der Waals surface area contributed by atoms with E-state index in [-0.39, 0.29) is 17.6 Å². The summed E-state index contributed by atoms with van der Waals surface area (Å²) < 4.78 is 5.49. The molecule has 0 spiro atoms. The van der Waals surface area contributed by atoms with Crippen molar-refractivity contribution in [2.75, 3.05) is 31.1 Å². The van der Waals surface area contributed by atoms with Gasteiger partial charge in [-0.1, -0.05) is 30.3 Å². The van der Waals surface area contributed by atoms with Gasteiger partial charge in [0.25, 0.3) is 0 Å². The summed E-state index contributed by atoms with van der Waals surface area (Å²) in [5, 5.41) is 9.73. The smallest absolute Gasteiger partial charge is 0.410 e. The summed E-state index contributed by atoms with van der Waals surface area (Å²) in [5.41, 5.74) is 1.62. The molecule has 0 saturated carbocycles. The van der Waals surface area contributed by atoms with Crippen molar-refractivity contribution in [3.8, 4) is 0 Å². The maximum Gasteiger partial charge on any atom is 0.410 e. The molecule has 1 N–H and O–H groups in total. The number of nitrogens with zero attached hydrogens (tertiary/aromatic N) is 4. The highest BCUT2D eigenvalue weighted by molar-refractivity contribution is 5.88. The Morgan fingerprint density at radius 3 is 2.19 bits per heavy atom. The number of carboxylic acids is 1. The standard InChI is InChI=1S/C28H38N4O4/c1-28(2,3)36-27(35)32-15-11-22(12-16-32)18-24-23(25(33)34)19-29-26(30-24)31-13-9-21(10-14-31)17-20-7-5-4-6-8-20/h4-8,19,21-22H,9-18H2,1-3H3,(H,33,34). The van der Waals surface area contributed by atoms with Crippen molar-refractivity contribution in [1.29, 1.82) is 0 Å². The van der Waals surface area contributed by atoms with E-state index in [0.717, 1.165) is 45.2 Å². The topological polar surface area (TPSA) is 95.9 Å². The Hall–Kier alpha value is -3.16. The lowest BCUT2D eigenvalue weighted by molar-refractivity contribution is 0.0184. The second kappa shape index (κ2) is 11.3. The molecule has 1 aromatic heterocycles. The van der Waals surface area contributed by atoms with Crippen LogP contribution in [0.2, 0.25) is 0 Å². The van der Waals surface area contributed by atoms with E-state index in [4.69, 9.17) is 9.72 Å². The van der Waals surface area contributed by atoms with Crippen molar-refractivity contribution in [2.24, 2.45) is 11.8 Å². The maximum absolute atomic E-state index is 12.4. The highest BCUT2D eigenvalue weighted by atomic mass is 16.6. The number of hydrogen-bond acceptors (Lipinski definition) is 6. The van der Waals surface area contributed by atoms with Gasteiger partial charge >= 0.3 is 12.1 Å². The Morgan fingerprint density at radius 2 is 1.58 bits per heavy atom. The fourth-order valence-corrected chi connectivity index (χ4v) is 5.10. The first kappa shape index (κ1) is 25.9. The summed E-state index contributed by atoms with van der Waals surface area (Å²) in [6, 6.07) is 10.6. The number of carboxylic acid groups (broad SMARTS) is 1. The second-order valence-corrected chi connectivity index (χ2v) is 11.1. The molecule has 2 aliphatic heterocycles. The number of benzene rings is 1. The van der Waals surface area contributed by atoms with Crippen molar-refractivity contribution >= 4 is 18.0 Å². The number of carbonyl (C=O) groups excluding carboxylic acids is 1. The number of carbonyl (C=O) groups is 2. The van der Waals surface area contributed by atoms with Gasteiger partial charge in [-0.3, -0.25) is 0 Å². The Bertz CT molecular complexity index is 1040. The fourth-order valence-electron chi connectivity index (χ4n) is 5.10. The van der Waals surface area contributed by atoms with Crippen LogP contribution in [0.15, 0.2) is 36.5 Å². The lowest BCUT2D eigenvalue weighted by Gasteiger charge is -2.34. The molecule has 0 aliphatic carbocycles. The van der Waals surface area contributed by atoms with Gasteiger partial charge in [0.15, 0.2) is 0 Å². The van der Waals surface area contributed by atoms with E-state index in [2.05, 4.69) is 34.1 Å². The van der Waals surface area contributed by atoms with E-state index in [0.29, 0.717) is 37.1 Å². The van der Waals surface area contributed by atoms with Gasteiger partial charge in [-0.25, -0.2) is 19.6 Å². The molecule has 1 aromatic carbocycles. The third-order valence-electron chi connectivity index (χ3n) is 7.10. The quantitative estimate of drug-likeness (QED) is 0.615. The van der Waals surface area contributed by atoms with Crippen molar-refractivity contribution in [3.05, 3.63) is 53.3 Å². The van der Waals surface area contributed by atoms with E-state index in [1.165, 1.54) is 11.8 Å². The third-order valence-corrected chi connectivity index (χ3v) is 7.10. The number of anilines is 1. The number of likely N-dealkylation sites (tertiary alicyclic amines) is 1. The van der Waals surface area contributed by atoms with Crippen LogP contribution in [0.1, 0.15) is 68.1 Å². The van der Waals surface area contributed by atoms with E-state index >= 15 is 0 Å². The molecule has 194 valence electrons. The Balaban J connectivity index is 1.35. The number of ether oxygens (including phenoxy) is 1. The Kier molecular flexibility index (Phi) is 8.11. The molecular formula is C28H38N4O4. The van der Waals surface area contributed by atoms with Crippen molar-refractivity contribution in [3.63, 3.8) is 0 Å². The van der Waals surface area contributed by atoms with Gasteiger partial charge in [-0.15, -0.1) is 0 Å². The number of aromatic nitrogens is 2. The maximum atomic E-state index is 12.4. The number of hydrogen-bond donors (Lipinski definition) is 1. The van der Waals surface area contributed by atoms with Gasteiger partial charge in [0, 0.05) is 32.4 Å². The van der Waals surface area contributed by atoms with Crippen LogP contribution >= 0.6 is 0 Å². The molecule has 0 bridgehead atoms. The zero-order chi connectivity index (χ0) is 25.7. The summed E-state index contributed by atoms with van der Waals surface area (Å²) in [6.07, 6.45) is 6.56. The minimum Gasteiger partial charge on any atom is -0.478 e. The predicted octanol–water partition coefficient (Wildman–Crippen LogP) is 4.82. The predicted molar refractivity (Wildman–Crippen MR) is 138 cm³/mol. The Morgan fingerprint density at radius 1 is 0.972 bits per heavy atom. The number of rotatable bonds is 6. The molecule has 36 heavy (non-hydrogen) atoms. The van der Waals surface area contributed by atoms with E-state index < -0.39 is 11.6 Å². The van der Waals surface area contributed by atoms with Gasteiger partial charge in [-0.05, 0) is 76.7 Å². The van der Waals surface area contributed by atoms with Crippen LogP contribution < -0.4 is 4.90 Å². The average Bonchev–Trinajstić information content (AvgIpc) is 2.84. The number of amides is 1. The monoisotopic (exact) mass is 494 g/mol. The largest absolute Gasteiger partial charge is 0.478 e. The fraction of sp³-hybridized carbons (Fsp3) is 0.571. The van der Waals surface area contributed by atoms with Gasteiger partial charge in [-0.2, -0.15) is 0 Å². The van der Waals surface area contributed by atoms with Gasteiger partial charge < -0.3 is 19.6 Å². The number of aromatic carboxylic acids is 1. The molecule has 2 aliphatic rings. The van der Waals surface area contributed by atoms with E-state index in [9.17, 15) is 14.7 Å². The molecule has 0 radical (unpaired) electrons. The zero-order valence-corrected chi connectivity index (χ0v) is 21.7.